The Kier molecular flexibility index (Phi) is 5.08. The summed E-state index contributed by atoms with van der Waals surface area (Å²) in [5.74, 6) is 0.628. The second kappa shape index (κ2) is 7.43. The summed E-state index contributed by atoms with van der Waals surface area (Å²) >= 11 is 0. The van der Waals surface area contributed by atoms with Crippen molar-refractivity contribution in [1.29, 1.82) is 0 Å². The Morgan fingerprint density at radius 2 is 1.83 bits per heavy atom. The molecule has 0 bridgehead atoms. The summed E-state index contributed by atoms with van der Waals surface area (Å²) in [4.78, 5) is 23.6. The van der Waals surface area contributed by atoms with Crippen LogP contribution < -0.4 is 10.9 Å². The van der Waals surface area contributed by atoms with Gasteiger partial charge in [0.1, 0.15) is 0 Å². The van der Waals surface area contributed by atoms with E-state index < -0.39 is 0 Å². The topological polar surface area (TPSA) is 64.0 Å². The van der Waals surface area contributed by atoms with Gasteiger partial charge in [0.15, 0.2) is 0 Å². The molecule has 2 aromatic rings. The minimum absolute atomic E-state index is 0.0925. The van der Waals surface area contributed by atoms with Crippen LogP contribution in [0.5, 0.6) is 0 Å². The molecular weight excluding hydrogens is 302 g/mol. The van der Waals surface area contributed by atoms with Crippen molar-refractivity contribution in [3.8, 4) is 11.3 Å². The van der Waals surface area contributed by atoms with Crippen molar-refractivity contribution in [3.63, 3.8) is 0 Å². The highest BCUT2D eigenvalue weighted by molar-refractivity contribution is 5.91. The molecule has 0 saturated heterocycles. The lowest BCUT2D eigenvalue weighted by Crippen LogP contribution is -2.18. The summed E-state index contributed by atoms with van der Waals surface area (Å²) in [6, 6.07) is 10.8. The average Bonchev–Trinajstić information content (AvgIpc) is 2.59. The number of hydrogen-bond acceptors (Lipinski definition) is 3. The Bertz CT molecular complexity index is 759. The Morgan fingerprint density at radius 1 is 1.12 bits per heavy atom. The molecule has 1 saturated carbocycles. The number of benzene rings is 1. The van der Waals surface area contributed by atoms with Crippen LogP contribution in [0.1, 0.15) is 38.5 Å². The van der Waals surface area contributed by atoms with Crippen LogP contribution in [0.15, 0.2) is 41.2 Å². The number of nitrogens with one attached hydrogen (secondary N) is 1. The number of amides is 1. The molecule has 0 spiro atoms. The number of rotatable bonds is 4. The smallest absolute Gasteiger partial charge is 0.266 e. The van der Waals surface area contributed by atoms with E-state index in [-0.39, 0.29) is 11.5 Å². The van der Waals surface area contributed by atoms with Crippen LogP contribution in [-0.4, -0.2) is 15.7 Å². The predicted molar refractivity (Wildman–Crippen MR) is 94.7 cm³/mol. The molecule has 1 fully saturated rings. The van der Waals surface area contributed by atoms with E-state index in [0.29, 0.717) is 12.3 Å². The van der Waals surface area contributed by atoms with E-state index in [0.717, 1.165) is 16.9 Å². The summed E-state index contributed by atoms with van der Waals surface area (Å²) in [6.07, 6.45) is 6.76. The number of aryl methyl sites for hydroxylation is 1. The SMILES string of the molecule is Cn1nc(-c2ccc(NC(=O)CC3CCCCC3)cc2)ccc1=O. The molecule has 1 heterocycles. The average molecular weight is 325 g/mol. The Balaban J connectivity index is 1.62. The van der Waals surface area contributed by atoms with Crippen LogP contribution >= 0.6 is 0 Å². The number of hydrogen-bond donors (Lipinski definition) is 1. The number of carbonyl (C=O) groups excluding carboxylic acids is 1. The van der Waals surface area contributed by atoms with Crippen LogP contribution in [0.3, 0.4) is 0 Å². The maximum absolute atomic E-state index is 12.2. The number of nitrogens with zero attached hydrogens (tertiary/aromatic N) is 2. The van der Waals surface area contributed by atoms with Crippen molar-refractivity contribution in [2.75, 3.05) is 5.32 Å². The largest absolute Gasteiger partial charge is 0.326 e. The zero-order valence-corrected chi connectivity index (χ0v) is 14.0. The van der Waals surface area contributed by atoms with Gasteiger partial charge in [-0.2, -0.15) is 5.10 Å². The molecule has 24 heavy (non-hydrogen) atoms. The number of aromatic nitrogens is 2. The number of anilines is 1. The molecule has 0 aliphatic heterocycles. The van der Waals surface area contributed by atoms with Crippen LogP contribution in [-0.2, 0) is 11.8 Å². The van der Waals surface area contributed by atoms with E-state index in [9.17, 15) is 9.59 Å². The fraction of sp³-hybridized carbons (Fsp3) is 0.421. The maximum Gasteiger partial charge on any atom is 0.266 e. The Morgan fingerprint density at radius 3 is 2.50 bits per heavy atom. The highest BCUT2D eigenvalue weighted by Crippen LogP contribution is 2.26. The van der Waals surface area contributed by atoms with Crippen LogP contribution in [0.25, 0.3) is 11.3 Å². The monoisotopic (exact) mass is 325 g/mol. The first-order valence-corrected chi connectivity index (χ1v) is 8.56. The zero-order chi connectivity index (χ0) is 16.9. The molecule has 1 aromatic carbocycles. The molecule has 1 N–H and O–H groups in total. The van der Waals surface area contributed by atoms with Crippen LogP contribution in [0, 0.1) is 5.92 Å². The second-order valence-electron chi connectivity index (χ2n) is 6.51. The highest BCUT2D eigenvalue weighted by Gasteiger charge is 2.17. The van der Waals surface area contributed by atoms with Gasteiger partial charge in [0.25, 0.3) is 5.56 Å². The van der Waals surface area contributed by atoms with Gasteiger partial charge >= 0.3 is 0 Å². The van der Waals surface area contributed by atoms with E-state index in [1.165, 1.54) is 42.9 Å². The first-order valence-electron chi connectivity index (χ1n) is 8.56. The molecule has 3 rings (SSSR count). The fourth-order valence-corrected chi connectivity index (χ4v) is 3.25. The third-order valence-corrected chi connectivity index (χ3v) is 4.62. The molecular formula is C19H23N3O2. The van der Waals surface area contributed by atoms with Crippen molar-refractivity contribution in [1.82, 2.24) is 9.78 Å². The van der Waals surface area contributed by atoms with Gasteiger partial charge in [0.2, 0.25) is 5.91 Å². The zero-order valence-electron chi connectivity index (χ0n) is 14.0. The van der Waals surface area contributed by atoms with E-state index in [2.05, 4.69) is 10.4 Å². The minimum Gasteiger partial charge on any atom is -0.326 e. The molecule has 5 nitrogen and oxygen atoms in total. The summed E-state index contributed by atoms with van der Waals surface area (Å²) in [5, 5.41) is 7.20. The van der Waals surface area contributed by atoms with E-state index >= 15 is 0 Å². The predicted octanol–water partition coefficient (Wildman–Crippen LogP) is 3.36. The molecule has 1 amide bonds. The fourth-order valence-electron chi connectivity index (χ4n) is 3.25. The van der Waals surface area contributed by atoms with E-state index in [1.54, 1.807) is 13.1 Å². The summed E-state index contributed by atoms with van der Waals surface area (Å²) in [6.45, 7) is 0. The van der Waals surface area contributed by atoms with Gasteiger partial charge in [-0.25, -0.2) is 4.68 Å². The Hall–Kier alpha value is -2.43. The van der Waals surface area contributed by atoms with Gasteiger partial charge in [0.05, 0.1) is 5.69 Å². The molecule has 0 radical (unpaired) electrons. The Labute approximate surface area is 141 Å². The standard InChI is InChI=1S/C19H23N3O2/c1-22-19(24)12-11-17(21-22)15-7-9-16(10-8-15)20-18(23)13-14-5-3-2-4-6-14/h7-12,14H,2-6,13H2,1H3,(H,20,23). The lowest BCUT2D eigenvalue weighted by molar-refractivity contribution is -0.117. The van der Waals surface area contributed by atoms with Gasteiger partial charge in [-0.05, 0) is 37.0 Å². The van der Waals surface area contributed by atoms with Crippen LogP contribution in [0.2, 0.25) is 0 Å². The van der Waals surface area contributed by atoms with Gasteiger partial charge in [0, 0.05) is 30.8 Å². The number of carbonyl (C=O) groups is 1. The maximum atomic E-state index is 12.2. The molecule has 1 aliphatic rings. The molecule has 126 valence electrons. The van der Waals surface area contributed by atoms with Crippen LogP contribution in [0.4, 0.5) is 5.69 Å². The quantitative estimate of drug-likeness (QED) is 0.937. The van der Waals surface area contributed by atoms with Gasteiger partial charge in [-0.1, -0.05) is 31.4 Å². The second-order valence-corrected chi connectivity index (χ2v) is 6.51. The lowest BCUT2D eigenvalue weighted by atomic mass is 9.87. The highest BCUT2D eigenvalue weighted by atomic mass is 16.1. The summed E-state index contributed by atoms with van der Waals surface area (Å²) < 4.78 is 1.31. The van der Waals surface area contributed by atoms with Gasteiger partial charge in [-0.15, -0.1) is 0 Å². The normalized spacial score (nSPS) is 15.2. The van der Waals surface area contributed by atoms with Crippen molar-refractivity contribution < 1.29 is 4.79 Å². The summed E-state index contributed by atoms with van der Waals surface area (Å²) in [7, 11) is 1.63. The first-order chi connectivity index (χ1) is 11.6. The molecule has 0 atom stereocenters. The van der Waals surface area contributed by atoms with E-state index in [4.69, 9.17) is 0 Å². The first kappa shape index (κ1) is 16.4. The third-order valence-electron chi connectivity index (χ3n) is 4.62. The van der Waals surface area contributed by atoms with Gasteiger partial charge in [-0.3, -0.25) is 9.59 Å². The molecule has 0 unspecified atom stereocenters. The van der Waals surface area contributed by atoms with Crippen molar-refractivity contribution in [2.45, 2.75) is 38.5 Å². The van der Waals surface area contributed by atoms with E-state index in [1.807, 2.05) is 24.3 Å². The third kappa shape index (κ3) is 4.10. The van der Waals surface area contributed by atoms with Crippen molar-refractivity contribution in [2.24, 2.45) is 13.0 Å². The van der Waals surface area contributed by atoms with Gasteiger partial charge < -0.3 is 5.32 Å². The molecule has 5 heteroatoms. The lowest BCUT2D eigenvalue weighted by Gasteiger charge is -2.20. The van der Waals surface area contributed by atoms with Crippen molar-refractivity contribution in [3.05, 3.63) is 46.8 Å². The summed E-state index contributed by atoms with van der Waals surface area (Å²) in [5.41, 5.74) is 2.31. The molecule has 1 aliphatic carbocycles. The minimum atomic E-state index is -0.134. The molecule has 1 aromatic heterocycles. The van der Waals surface area contributed by atoms with Crippen molar-refractivity contribution >= 4 is 11.6 Å².